The van der Waals surface area contributed by atoms with Crippen molar-refractivity contribution in [2.24, 2.45) is 4.99 Å². The van der Waals surface area contributed by atoms with Gasteiger partial charge in [0.1, 0.15) is 0 Å². The van der Waals surface area contributed by atoms with E-state index in [0.29, 0.717) is 10.0 Å². The maximum absolute atomic E-state index is 6.07. The van der Waals surface area contributed by atoms with Crippen molar-refractivity contribution in [1.82, 2.24) is 15.6 Å². The summed E-state index contributed by atoms with van der Waals surface area (Å²) >= 11 is 13.7. The van der Waals surface area contributed by atoms with E-state index < -0.39 is 0 Å². The molecule has 0 fully saturated rings. The summed E-state index contributed by atoms with van der Waals surface area (Å²) in [7, 11) is 1.75. The van der Waals surface area contributed by atoms with Gasteiger partial charge in [-0.15, -0.1) is 35.3 Å². The van der Waals surface area contributed by atoms with Crippen LogP contribution in [0.1, 0.15) is 28.4 Å². The third-order valence-electron chi connectivity index (χ3n) is 3.32. The first-order valence-electron chi connectivity index (χ1n) is 7.33. The van der Waals surface area contributed by atoms with E-state index in [2.05, 4.69) is 34.5 Å². The number of nitrogens with zero attached hydrogens (tertiary/aromatic N) is 2. The maximum Gasteiger partial charge on any atom is 0.191 e. The molecular weight excluding hydrogens is 478 g/mol. The van der Waals surface area contributed by atoms with E-state index in [1.165, 1.54) is 4.88 Å². The molecule has 1 aromatic carbocycles. The topological polar surface area (TPSA) is 49.3 Å². The van der Waals surface area contributed by atoms with Crippen LogP contribution >= 0.6 is 58.5 Å². The molecule has 0 amide bonds. The second kappa shape index (κ2) is 10.4. The summed E-state index contributed by atoms with van der Waals surface area (Å²) in [6, 6.07) is 5.70. The van der Waals surface area contributed by atoms with Crippen LogP contribution in [0.25, 0.3) is 0 Å². The Morgan fingerprint density at radius 3 is 2.67 bits per heavy atom. The zero-order chi connectivity index (χ0) is 16.8. The number of hydrogen-bond donors (Lipinski definition) is 2. The van der Waals surface area contributed by atoms with Crippen molar-refractivity contribution in [2.75, 3.05) is 13.6 Å². The van der Waals surface area contributed by atoms with Crippen LogP contribution in [0.2, 0.25) is 10.0 Å². The highest BCUT2D eigenvalue weighted by atomic mass is 127. The quantitative estimate of drug-likeness (QED) is 0.352. The number of hydrogen-bond acceptors (Lipinski definition) is 3. The van der Waals surface area contributed by atoms with E-state index in [9.17, 15) is 0 Å². The Balaban J connectivity index is 0.00000288. The van der Waals surface area contributed by atoms with Gasteiger partial charge in [0.2, 0.25) is 0 Å². The Morgan fingerprint density at radius 1 is 1.33 bits per heavy atom. The van der Waals surface area contributed by atoms with E-state index in [4.69, 9.17) is 23.2 Å². The molecule has 0 aliphatic carbocycles. The minimum absolute atomic E-state index is 0. The van der Waals surface area contributed by atoms with Crippen molar-refractivity contribution in [3.05, 3.63) is 49.9 Å². The van der Waals surface area contributed by atoms with Gasteiger partial charge in [-0.3, -0.25) is 4.99 Å². The van der Waals surface area contributed by atoms with Crippen molar-refractivity contribution >= 4 is 64.5 Å². The fourth-order valence-electron chi connectivity index (χ4n) is 2.07. The van der Waals surface area contributed by atoms with E-state index >= 15 is 0 Å². The highest BCUT2D eigenvalue weighted by Crippen LogP contribution is 2.25. The summed E-state index contributed by atoms with van der Waals surface area (Å²) in [6.45, 7) is 4.89. The molecule has 1 heterocycles. The van der Waals surface area contributed by atoms with E-state index in [0.717, 1.165) is 29.5 Å². The highest BCUT2D eigenvalue weighted by Gasteiger charge is 2.09. The molecule has 0 saturated carbocycles. The standard InChI is InChI=1S/C16H20Cl2N4S.HI/c1-10-9-21-15(23-10)6-7-20-16(19-3)22-11(2)12-4-5-13(17)14(18)8-12;/h4-5,8-9,11H,6-7H2,1-3H3,(H2,19,20,22);1H. The Bertz CT molecular complexity index is 690. The van der Waals surface area contributed by atoms with Crippen molar-refractivity contribution in [3.63, 3.8) is 0 Å². The van der Waals surface area contributed by atoms with Gasteiger partial charge in [0.25, 0.3) is 0 Å². The van der Waals surface area contributed by atoms with Crippen molar-refractivity contribution in [3.8, 4) is 0 Å². The number of thiazole rings is 1. The maximum atomic E-state index is 6.07. The monoisotopic (exact) mass is 498 g/mol. The van der Waals surface area contributed by atoms with Crippen LogP contribution in [0.4, 0.5) is 0 Å². The lowest BCUT2D eigenvalue weighted by molar-refractivity contribution is 0.684. The molecule has 24 heavy (non-hydrogen) atoms. The Hall–Kier alpha value is -0.570. The van der Waals surface area contributed by atoms with Gasteiger partial charge in [0, 0.05) is 31.1 Å². The van der Waals surface area contributed by atoms with Crippen LogP contribution < -0.4 is 10.6 Å². The zero-order valence-electron chi connectivity index (χ0n) is 13.8. The van der Waals surface area contributed by atoms with Crippen LogP contribution in [-0.4, -0.2) is 24.5 Å². The van der Waals surface area contributed by atoms with Crippen LogP contribution in [0.15, 0.2) is 29.4 Å². The van der Waals surface area contributed by atoms with Gasteiger partial charge in [0.05, 0.1) is 21.1 Å². The lowest BCUT2D eigenvalue weighted by Crippen LogP contribution is -2.39. The molecular formula is C16H21Cl2IN4S. The first-order valence-corrected chi connectivity index (χ1v) is 8.90. The van der Waals surface area contributed by atoms with Gasteiger partial charge in [0.15, 0.2) is 5.96 Å². The van der Waals surface area contributed by atoms with Gasteiger partial charge < -0.3 is 10.6 Å². The number of aliphatic imine (C=N–C) groups is 1. The number of aromatic nitrogens is 1. The molecule has 8 heteroatoms. The van der Waals surface area contributed by atoms with E-state index in [-0.39, 0.29) is 30.0 Å². The summed E-state index contributed by atoms with van der Waals surface area (Å²) in [5.41, 5.74) is 1.05. The van der Waals surface area contributed by atoms with Gasteiger partial charge >= 0.3 is 0 Å². The molecule has 132 valence electrons. The molecule has 0 saturated heterocycles. The van der Waals surface area contributed by atoms with Crippen molar-refractivity contribution < 1.29 is 0 Å². The molecule has 2 rings (SSSR count). The molecule has 2 aromatic rings. The van der Waals surface area contributed by atoms with Gasteiger partial charge in [-0.25, -0.2) is 4.98 Å². The average Bonchev–Trinajstić information content (AvgIpc) is 2.94. The highest BCUT2D eigenvalue weighted by molar-refractivity contribution is 14.0. The van der Waals surface area contributed by atoms with Crippen LogP contribution in [-0.2, 0) is 6.42 Å². The number of benzene rings is 1. The van der Waals surface area contributed by atoms with Crippen LogP contribution in [0, 0.1) is 6.92 Å². The number of rotatable bonds is 5. The molecule has 0 radical (unpaired) electrons. The van der Waals surface area contributed by atoms with Crippen molar-refractivity contribution in [1.29, 1.82) is 0 Å². The number of halogens is 3. The molecule has 0 aliphatic heterocycles. The van der Waals surface area contributed by atoms with Gasteiger partial charge in [-0.05, 0) is 31.5 Å². The van der Waals surface area contributed by atoms with Crippen LogP contribution in [0.3, 0.4) is 0 Å². The largest absolute Gasteiger partial charge is 0.356 e. The average molecular weight is 499 g/mol. The second-order valence-corrected chi connectivity index (χ2v) is 7.29. The lowest BCUT2D eigenvalue weighted by Gasteiger charge is -2.18. The zero-order valence-corrected chi connectivity index (χ0v) is 18.4. The van der Waals surface area contributed by atoms with Crippen LogP contribution in [0.5, 0.6) is 0 Å². The minimum atomic E-state index is 0. The number of aryl methyl sites for hydroxylation is 1. The predicted molar refractivity (Wildman–Crippen MR) is 115 cm³/mol. The van der Waals surface area contributed by atoms with Gasteiger partial charge in [-0.1, -0.05) is 29.3 Å². The summed E-state index contributed by atoms with van der Waals surface area (Å²) in [6.07, 6.45) is 2.78. The first kappa shape index (κ1) is 21.5. The van der Waals surface area contributed by atoms with Crippen molar-refractivity contribution in [2.45, 2.75) is 26.3 Å². The molecule has 1 atom stereocenters. The van der Waals surface area contributed by atoms with E-state index in [1.54, 1.807) is 24.5 Å². The first-order chi connectivity index (χ1) is 11.0. The summed E-state index contributed by atoms with van der Waals surface area (Å²) in [5, 5.41) is 8.88. The molecule has 4 nitrogen and oxygen atoms in total. The molecule has 1 aromatic heterocycles. The normalized spacial score (nSPS) is 12.5. The fraction of sp³-hybridized carbons (Fsp3) is 0.375. The third-order valence-corrected chi connectivity index (χ3v) is 5.03. The molecule has 0 bridgehead atoms. The lowest BCUT2D eigenvalue weighted by atomic mass is 10.1. The predicted octanol–water partition coefficient (Wildman–Crippen LogP) is 4.85. The Kier molecular flexibility index (Phi) is 9.33. The third kappa shape index (κ3) is 6.38. The minimum Gasteiger partial charge on any atom is -0.356 e. The summed E-state index contributed by atoms with van der Waals surface area (Å²) < 4.78 is 0. The Labute approximate surface area is 174 Å². The number of guanidine groups is 1. The SMILES string of the molecule is CN=C(NCCc1ncc(C)s1)NC(C)c1ccc(Cl)c(Cl)c1.I. The second-order valence-electron chi connectivity index (χ2n) is 5.15. The smallest absolute Gasteiger partial charge is 0.191 e. The van der Waals surface area contributed by atoms with E-state index in [1.807, 2.05) is 18.3 Å². The van der Waals surface area contributed by atoms with Gasteiger partial charge in [-0.2, -0.15) is 0 Å². The molecule has 1 unspecified atom stereocenters. The molecule has 2 N–H and O–H groups in total. The summed E-state index contributed by atoms with van der Waals surface area (Å²) in [5.74, 6) is 0.747. The Morgan fingerprint density at radius 2 is 2.08 bits per heavy atom. The summed E-state index contributed by atoms with van der Waals surface area (Å²) in [4.78, 5) is 9.84. The fourth-order valence-corrected chi connectivity index (χ4v) is 3.16. The molecule has 0 spiro atoms. The number of nitrogens with one attached hydrogen (secondary N) is 2. The molecule has 0 aliphatic rings.